The fraction of sp³-hybridized carbons (Fsp3) is 0.565. The molecule has 1 aromatic carbocycles. The van der Waals surface area contributed by atoms with Gasteiger partial charge >= 0.3 is 0 Å². The van der Waals surface area contributed by atoms with Crippen LogP contribution in [0.5, 0.6) is 5.75 Å². The first-order chi connectivity index (χ1) is 17.3. The van der Waals surface area contributed by atoms with Gasteiger partial charge in [0.1, 0.15) is 12.0 Å². The molecular weight excluding hydrogens is 486 g/mol. The van der Waals surface area contributed by atoms with E-state index in [-0.39, 0.29) is 35.4 Å². The summed E-state index contributed by atoms with van der Waals surface area (Å²) in [6, 6.07) is 4.58. The van der Waals surface area contributed by atoms with Crippen LogP contribution in [-0.4, -0.2) is 86.5 Å². The highest BCUT2D eigenvalue weighted by atomic mass is 32.2. The van der Waals surface area contributed by atoms with Crippen molar-refractivity contribution in [2.45, 2.75) is 56.6 Å². The number of piperazine rings is 1. The van der Waals surface area contributed by atoms with Crippen molar-refractivity contribution < 1.29 is 18.3 Å². The smallest absolute Gasteiger partial charge is 0.296 e. The third kappa shape index (κ3) is 4.51. The molecule has 1 aliphatic heterocycles. The Kier molecular flexibility index (Phi) is 6.81. The highest BCUT2D eigenvalue weighted by molar-refractivity contribution is 7.89. The van der Waals surface area contributed by atoms with Gasteiger partial charge in [-0.2, -0.15) is 8.82 Å². The van der Waals surface area contributed by atoms with E-state index in [0.29, 0.717) is 36.8 Å². The summed E-state index contributed by atoms with van der Waals surface area (Å²) < 4.78 is 35.6. The average molecular weight is 518 g/mol. The summed E-state index contributed by atoms with van der Waals surface area (Å²) in [5.41, 5.74) is 0.0192. The molecule has 1 saturated heterocycles. The van der Waals surface area contributed by atoms with Gasteiger partial charge in [-0.05, 0) is 44.9 Å². The normalized spacial score (nSPS) is 19.2. The highest BCUT2D eigenvalue weighted by Gasteiger charge is 2.31. The van der Waals surface area contributed by atoms with Gasteiger partial charge in [0.2, 0.25) is 15.7 Å². The number of aliphatic hydroxyl groups is 1. The van der Waals surface area contributed by atoms with Crippen molar-refractivity contribution in [2.24, 2.45) is 0 Å². The number of aliphatic hydroxyl groups excluding tert-OH is 1. The Labute approximate surface area is 209 Å². The fourth-order valence-corrected chi connectivity index (χ4v) is 6.43. The summed E-state index contributed by atoms with van der Waals surface area (Å²) in [6.45, 7) is 5.25. The molecule has 2 fully saturated rings. The van der Waals surface area contributed by atoms with Crippen LogP contribution < -0.4 is 10.3 Å². The first-order valence-corrected chi connectivity index (χ1v) is 13.8. The Hall–Kier alpha value is -2.87. The molecule has 3 aromatic rings. The summed E-state index contributed by atoms with van der Waals surface area (Å²) in [7, 11) is -3.82. The molecule has 13 heteroatoms. The van der Waals surface area contributed by atoms with Crippen molar-refractivity contribution in [1.82, 2.24) is 34.0 Å². The third-order valence-electron chi connectivity index (χ3n) is 6.97. The van der Waals surface area contributed by atoms with Crippen LogP contribution in [0.4, 0.5) is 0 Å². The van der Waals surface area contributed by atoms with Crippen LogP contribution in [0.15, 0.2) is 27.9 Å². The van der Waals surface area contributed by atoms with Crippen LogP contribution in [0.3, 0.4) is 0 Å². The van der Waals surface area contributed by atoms with Crippen LogP contribution in [0, 0.1) is 0 Å². The van der Waals surface area contributed by atoms with Gasteiger partial charge in [0.15, 0.2) is 11.6 Å². The van der Waals surface area contributed by atoms with Gasteiger partial charge in [0.25, 0.3) is 5.56 Å². The lowest BCUT2D eigenvalue weighted by molar-refractivity contribution is -0.000179. The summed E-state index contributed by atoms with van der Waals surface area (Å²) in [5.74, 6) is 1.42. The Bertz CT molecular complexity index is 1400. The highest BCUT2D eigenvalue weighted by Crippen LogP contribution is 2.34. The fourth-order valence-electron chi connectivity index (χ4n) is 4.98. The number of ether oxygens (including phenoxy) is 1. The first kappa shape index (κ1) is 24.8. The van der Waals surface area contributed by atoms with Crippen LogP contribution in [0.1, 0.15) is 51.3 Å². The quantitative estimate of drug-likeness (QED) is 0.472. The van der Waals surface area contributed by atoms with E-state index in [1.807, 2.05) is 11.8 Å². The summed E-state index contributed by atoms with van der Waals surface area (Å²) in [4.78, 5) is 17.5. The molecule has 12 nitrogen and oxygen atoms in total. The minimum atomic E-state index is -3.82. The number of rotatable bonds is 7. The molecule has 2 aliphatic rings. The van der Waals surface area contributed by atoms with Crippen molar-refractivity contribution in [3.05, 3.63) is 34.4 Å². The molecule has 0 amide bonds. The second kappa shape index (κ2) is 9.88. The van der Waals surface area contributed by atoms with Gasteiger partial charge in [0.05, 0.1) is 17.1 Å². The van der Waals surface area contributed by atoms with Crippen molar-refractivity contribution >= 4 is 15.7 Å². The Morgan fingerprint density at radius 1 is 1.17 bits per heavy atom. The second-order valence-corrected chi connectivity index (χ2v) is 11.2. The molecule has 1 atom stereocenters. The molecule has 1 saturated carbocycles. The molecule has 1 unspecified atom stereocenters. The maximum atomic E-state index is 13.5. The predicted octanol–water partition coefficient (Wildman–Crippen LogP) is 1.18. The summed E-state index contributed by atoms with van der Waals surface area (Å²) in [6.07, 6.45) is 3.48. The second-order valence-electron chi connectivity index (χ2n) is 9.24. The monoisotopic (exact) mass is 517 g/mol. The van der Waals surface area contributed by atoms with E-state index >= 15 is 0 Å². The van der Waals surface area contributed by atoms with Gasteiger partial charge in [-0.15, -0.1) is 15.3 Å². The number of aromatic nitrogens is 5. The predicted molar refractivity (Wildman–Crippen MR) is 131 cm³/mol. The molecule has 5 rings (SSSR count). The van der Waals surface area contributed by atoms with Crippen molar-refractivity contribution in [3.8, 4) is 17.1 Å². The third-order valence-corrected chi connectivity index (χ3v) is 8.86. The van der Waals surface area contributed by atoms with E-state index in [1.54, 1.807) is 13.0 Å². The van der Waals surface area contributed by atoms with E-state index < -0.39 is 21.8 Å². The molecule has 2 N–H and O–H groups in total. The zero-order valence-electron chi connectivity index (χ0n) is 20.4. The number of hydrogen-bond acceptors (Lipinski definition) is 9. The number of hydrogen-bond donors (Lipinski definition) is 2. The lowest BCUT2D eigenvalue weighted by Gasteiger charge is -2.35. The first-order valence-electron chi connectivity index (χ1n) is 12.3. The SMILES string of the molecule is CCOc1ccc(S(=O)(=O)N2CCN(C(C)O)CC2)cc1-c1nn2c(C3CCCC3)nnc2c(=O)[nH]1. The molecule has 0 radical (unpaired) electrons. The van der Waals surface area contributed by atoms with Crippen LogP contribution in [0.2, 0.25) is 0 Å². The van der Waals surface area contributed by atoms with Crippen LogP contribution in [-0.2, 0) is 10.0 Å². The summed E-state index contributed by atoms with van der Waals surface area (Å²) >= 11 is 0. The van der Waals surface area contributed by atoms with Crippen LogP contribution >= 0.6 is 0 Å². The maximum absolute atomic E-state index is 13.5. The zero-order valence-corrected chi connectivity index (χ0v) is 21.2. The number of fused-ring (bicyclic) bond motifs is 1. The van der Waals surface area contributed by atoms with Gasteiger partial charge in [-0.3, -0.25) is 9.69 Å². The van der Waals surface area contributed by atoms with Crippen molar-refractivity contribution in [2.75, 3.05) is 32.8 Å². The van der Waals surface area contributed by atoms with E-state index in [0.717, 1.165) is 25.7 Å². The van der Waals surface area contributed by atoms with E-state index in [4.69, 9.17) is 4.74 Å². The number of nitrogens with one attached hydrogen (secondary N) is 1. The topological polar surface area (TPSA) is 146 Å². The lowest BCUT2D eigenvalue weighted by atomic mass is 10.1. The molecule has 0 bridgehead atoms. The molecule has 0 spiro atoms. The number of sulfonamides is 1. The number of benzene rings is 1. The zero-order chi connectivity index (χ0) is 25.4. The van der Waals surface area contributed by atoms with E-state index in [9.17, 15) is 18.3 Å². The van der Waals surface area contributed by atoms with Gasteiger partial charge in [-0.1, -0.05) is 12.8 Å². The Morgan fingerprint density at radius 2 is 1.89 bits per heavy atom. The van der Waals surface area contributed by atoms with E-state index in [2.05, 4.69) is 20.3 Å². The van der Waals surface area contributed by atoms with Gasteiger partial charge in [-0.25, -0.2) is 8.42 Å². The molecule has 1 aliphatic carbocycles. The minimum Gasteiger partial charge on any atom is -0.493 e. The van der Waals surface area contributed by atoms with E-state index in [1.165, 1.54) is 21.0 Å². The largest absolute Gasteiger partial charge is 0.493 e. The number of aromatic amines is 1. The van der Waals surface area contributed by atoms with Gasteiger partial charge in [0, 0.05) is 32.1 Å². The van der Waals surface area contributed by atoms with Crippen LogP contribution in [0.25, 0.3) is 17.0 Å². The number of H-pyrrole nitrogens is 1. The standard InChI is InChI=1S/C23H31N7O5S/c1-3-35-19-9-8-17(36(33,34)29-12-10-28(11-13-29)15(2)31)14-18(19)20-24-23(32)22-26-25-21(30(22)27-20)16-6-4-5-7-16/h8-9,14-16,31H,3-7,10-13H2,1-2H3,(H,24,27,32). The summed E-state index contributed by atoms with van der Waals surface area (Å²) in [5, 5.41) is 22.7. The van der Waals surface area contributed by atoms with Crippen molar-refractivity contribution in [3.63, 3.8) is 0 Å². The minimum absolute atomic E-state index is 0.0777. The number of nitrogens with zero attached hydrogens (tertiary/aromatic N) is 6. The maximum Gasteiger partial charge on any atom is 0.296 e. The Balaban J connectivity index is 1.56. The molecule has 194 valence electrons. The lowest BCUT2D eigenvalue weighted by Crippen LogP contribution is -2.51. The molecule has 2 aromatic heterocycles. The molecular formula is C23H31N7O5S. The molecule has 3 heterocycles. The van der Waals surface area contributed by atoms with Gasteiger partial charge < -0.3 is 14.8 Å². The average Bonchev–Trinajstić information content (AvgIpc) is 3.54. The molecule has 36 heavy (non-hydrogen) atoms. The van der Waals surface area contributed by atoms with Crippen molar-refractivity contribution in [1.29, 1.82) is 0 Å². The Morgan fingerprint density at radius 3 is 2.56 bits per heavy atom.